The van der Waals surface area contributed by atoms with Crippen LogP contribution in [0.4, 0.5) is 0 Å². The maximum Gasteiger partial charge on any atom is 0.253 e. The number of thiazole rings is 1. The molecule has 1 atom stereocenters. The topological polar surface area (TPSA) is 57.7 Å². The van der Waals surface area contributed by atoms with Crippen molar-refractivity contribution in [3.8, 4) is 10.6 Å². The highest BCUT2D eigenvalue weighted by Gasteiger charge is 2.29. The number of halogens is 2. The number of carbonyl (C=O) groups excluding carboxylic acids is 1. The van der Waals surface area contributed by atoms with Gasteiger partial charge in [0.25, 0.3) is 5.91 Å². The molecule has 2 aromatic rings. The maximum atomic E-state index is 12.5. The van der Waals surface area contributed by atoms with Crippen LogP contribution in [-0.2, 0) is 16.1 Å². The summed E-state index contributed by atoms with van der Waals surface area (Å²) in [4.78, 5) is 21.6. The van der Waals surface area contributed by atoms with Crippen LogP contribution >= 0.6 is 36.2 Å². The zero-order valence-electron chi connectivity index (χ0n) is 15.6. The van der Waals surface area contributed by atoms with Gasteiger partial charge in [-0.2, -0.15) is 0 Å². The molecule has 0 saturated carbocycles. The highest BCUT2D eigenvalue weighted by molar-refractivity contribution is 7.13. The van der Waals surface area contributed by atoms with Crippen LogP contribution in [0.25, 0.3) is 10.6 Å². The predicted octanol–water partition coefficient (Wildman–Crippen LogP) is 2.29. The quantitative estimate of drug-likeness (QED) is 0.783. The Kier molecular flexibility index (Phi) is 9.14. The number of carbonyl (C=O) groups is 1. The van der Waals surface area contributed by atoms with E-state index in [2.05, 4.69) is 27.7 Å². The normalized spacial score (nSPS) is 20.1. The zero-order chi connectivity index (χ0) is 17.8. The Morgan fingerprint density at radius 1 is 1.18 bits per heavy atom. The molecule has 3 heterocycles. The fraction of sp³-hybridized carbons (Fsp3) is 0.474. The summed E-state index contributed by atoms with van der Waals surface area (Å²) in [5.41, 5.74) is 2.27. The summed E-state index contributed by atoms with van der Waals surface area (Å²) in [6.07, 6.45) is -0.317. The third-order valence-corrected chi connectivity index (χ3v) is 5.79. The predicted molar refractivity (Wildman–Crippen MR) is 117 cm³/mol. The molecule has 2 aliphatic heterocycles. The Hall–Kier alpha value is -1.22. The summed E-state index contributed by atoms with van der Waals surface area (Å²) in [7, 11) is 0. The molecule has 2 saturated heterocycles. The molecule has 1 aromatic carbocycles. The minimum absolute atomic E-state index is 0. The summed E-state index contributed by atoms with van der Waals surface area (Å²) >= 11 is 1.69. The number of hydrogen-bond acceptors (Lipinski definition) is 6. The maximum absolute atomic E-state index is 12.5. The Morgan fingerprint density at radius 2 is 1.93 bits per heavy atom. The first kappa shape index (κ1) is 23.1. The number of nitrogens with one attached hydrogen (secondary N) is 1. The molecule has 9 heteroatoms. The minimum atomic E-state index is -0.317. The van der Waals surface area contributed by atoms with Crippen LogP contribution in [0.15, 0.2) is 35.7 Å². The molecule has 0 spiro atoms. The summed E-state index contributed by atoms with van der Waals surface area (Å²) in [5, 5.41) is 6.43. The van der Waals surface area contributed by atoms with Crippen molar-refractivity contribution in [2.24, 2.45) is 0 Å². The highest BCUT2D eigenvalue weighted by Crippen LogP contribution is 2.24. The Labute approximate surface area is 182 Å². The Morgan fingerprint density at radius 3 is 2.61 bits per heavy atom. The standard InChI is InChI=1S/C19H24N4O2S.2ClH/c24-19(17-12-20-6-11-25-17)23-9-7-22(8-10-23)13-16-14-26-18(21-16)15-4-2-1-3-5-15;;/h1-5,14,17,20H,6-13H2;2*1H. The molecule has 28 heavy (non-hydrogen) atoms. The van der Waals surface area contributed by atoms with Crippen molar-refractivity contribution in [3.05, 3.63) is 41.4 Å². The molecular weight excluding hydrogens is 419 g/mol. The van der Waals surface area contributed by atoms with Crippen LogP contribution < -0.4 is 5.32 Å². The average molecular weight is 445 g/mol. The molecule has 1 amide bonds. The lowest BCUT2D eigenvalue weighted by atomic mass is 10.2. The van der Waals surface area contributed by atoms with Gasteiger partial charge >= 0.3 is 0 Å². The second-order valence-electron chi connectivity index (χ2n) is 6.68. The number of ether oxygens (including phenoxy) is 1. The second kappa shape index (κ2) is 11.1. The molecule has 1 aromatic heterocycles. The molecule has 6 nitrogen and oxygen atoms in total. The summed E-state index contributed by atoms with van der Waals surface area (Å²) < 4.78 is 5.58. The van der Waals surface area contributed by atoms with Gasteiger partial charge in [0.05, 0.1) is 12.3 Å². The molecule has 2 fully saturated rings. The van der Waals surface area contributed by atoms with E-state index >= 15 is 0 Å². The SMILES string of the molecule is Cl.Cl.O=C(C1CNCCO1)N1CCN(Cc2csc(-c3ccccc3)n2)CC1. The number of rotatable bonds is 4. The number of benzene rings is 1. The number of morpholine rings is 1. The third-order valence-electron chi connectivity index (χ3n) is 4.85. The van der Waals surface area contributed by atoms with Crippen LogP contribution in [0.1, 0.15) is 5.69 Å². The second-order valence-corrected chi connectivity index (χ2v) is 7.53. The van der Waals surface area contributed by atoms with E-state index in [-0.39, 0.29) is 36.8 Å². The highest BCUT2D eigenvalue weighted by atomic mass is 35.5. The van der Waals surface area contributed by atoms with Gasteiger partial charge in [-0.25, -0.2) is 4.98 Å². The number of amides is 1. The summed E-state index contributed by atoms with van der Waals surface area (Å²) in [5.74, 6) is 0.122. The summed E-state index contributed by atoms with van der Waals surface area (Å²) in [6.45, 7) is 6.18. The number of nitrogens with zero attached hydrogens (tertiary/aromatic N) is 3. The molecule has 4 rings (SSSR count). The largest absolute Gasteiger partial charge is 0.366 e. The van der Waals surface area contributed by atoms with Gasteiger partial charge in [-0.15, -0.1) is 36.2 Å². The van der Waals surface area contributed by atoms with E-state index in [1.54, 1.807) is 11.3 Å². The van der Waals surface area contributed by atoms with Gasteiger partial charge in [0.2, 0.25) is 0 Å². The molecule has 0 aliphatic carbocycles. The number of piperazine rings is 1. The van der Waals surface area contributed by atoms with Gasteiger partial charge in [0.15, 0.2) is 0 Å². The smallest absolute Gasteiger partial charge is 0.253 e. The van der Waals surface area contributed by atoms with Crippen molar-refractivity contribution < 1.29 is 9.53 Å². The van der Waals surface area contributed by atoms with E-state index in [0.717, 1.165) is 50.0 Å². The first-order valence-electron chi connectivity index (χ1n) is 9.13. The van der Waals surface area contributed by atoms with Crippen LogP contribution in [0, 0.1) is 0 Å². The van der Waals surface area contributed by atoms with Crippen LogP contribution in [0.2, 0.25) is 0 Å². The van der Waals surface area contributed by atoms with Crippen LogP contribution in [-0.4, -0.2) is 72.7 Å². The summed E-state index contributed by atoms with van der Waals surface area (Å²) in [6, 6.07) is 10.3. The molecular formula is C19H26Cl2N4O2S. The van der Waals surface area contributed by atoms with Crippen LogP contribution in [0.5, 0.6) is 0 Å². The average Bonchev–Trinajstić information content (AvgIpc) is 3.18. The fourth-order valence-electron chi connectivity index (χ4n) is 3.38. The molecule has 2 aliphatic rings. The minimum Gasteiger partial charge on any atom is -0.366 e. The van der Waals surface area contributed by atoms with Gasteiger partial charge in [-0.05, 0) is 0 Å². The van der Waals surface area contributed by atoms with E-state index < -0.39 is 0 Å². The van der Waals surface area contributed by atoms with Crippen molar-refractivity contribution in [1.29, 1.82) is 0 Å². The van der Waals surface area contributed by atoms with Gasteiger partial charge in [-0.1, -0.05) is 30.3 Å². The van der Waals surface area contributed by atoms with Gasteiger partial charge in [0, 0.05) is 56.8 Å². The monoisotopic (exact) mass is 444 g/mol. The third kappa shape index (κ3) is 5.65. The lowest BCUT2D eigenvalue weighted by Gasteiger charge is -2.36. The zero-order valence-corrected chi connectivity index (χ0v) is 18.0. The van der Waals surface area contributed by atoms with E-state index in [9.17, 15) is 4.79 Å². The Bertz CT molecular complexity index is 733. The molecule has 1 N–H and O–H groups in total. The Balaban J connectivity index is 0.00000140. The van der Waals surface area contributed by atoms with Gasteiger partial charge in [0.1, 0.15) is 11.1 Å². The van der Waals surface area contributed by atoms with E-state index in [4.69, 9.17) is 9.72 Å². The molecule has 1 unspecified atom stereocenters. The fourth-order valence-corrected chi connectivity index (χ4v) is 4.19. The van der Waals surface area contributed by atoms with Gasteiger partial charge < -0.3 is 15.0 Å². The number of aromatic nitrogens is 1. The van der Waals surface area contributed by atoms with Crippen molar-refractivity contribution in [3.63, 3.8) is 0 Å². The van der Waals surface area contributed by atoms with Gasteiger partial charge in [-0.3, -0.25) is 9.69 Å². The van der Waals surface area contributed by atoms with E-state index in [1.165, 1.54) is 5.56 Å². The van der Waals surface area contributed by atoms with Crippen molar-refractivity contribution in [1.82, 2.24) is 20.1 Å². The first-order valence-corrected chi connectivity index (χ1v) is 10.0. The molecule has 154 valence electrons. The first-order chi connectivity index (χ1) is 12.8. The molecule has 0 bridgehead atoms. The lowest BCUT2D eigenvalue weighted by Crippen LogP contribution is -2.54. The van der Waals surface area contributed by atoms with Crippen molar-refractivity contribution >= 4 is 42.1 Å². The van der Waals surface area contributed by atoms with Crippen LogP contribution in [0.3, 0.4) is 0 Å². The van der Waals surface area contributed by atoms with Crippen molar-refractivity contribution in [2.45, 2.75) is 12.6 Å². The lowest BCUT2D eigenvalue weighted by molar-refractivity contribution is -0.147. The molecule has 0 radical (unpaired) electrons. The van der Waals surface area contributed by atoms with Crippen molar-refractivity contribution in [2.75, 3.05) is 45.9 Å². The van der Waals surface area contributed by atoms with E-state index in [1.807, 2.05) is 23.1 Å². The van der Waals surface area contributed by atoms with E-state index in [0.29, 0.717) is 13.2 Å². The number of hydrogen-bond donors (Lipinski definition) is 1.